The van der Waals surface area contributed by atoms with Crippen molar-refractivity contribution in [3.8, 4) is 0 Å². The lowest BCUT2D eigenvalue weighted by atomic mass is 10.0. The van der Waals surface area contributed by atoms with Crippen LogP contribution in [0.3, 0.4) is 0 Å². The van der Waals surface area contributed by atoms with Crippen LogP contribution in [0.2, 0.25) is 0 Å². The van der Waals surface area contributed by atoms with Crippen LogP contribution >= 0.6 is 0 Å². The highest BCUT2D eigenvalue weighted by Crippen LogP contribution is 2.18. The van der Waals surface area contributed by atoms with Crippen molar-refractivity contribution in [1.29, 1.82) is 0 Å². The summed E-state index contributed by atoms with van der Waals surface area (Å²) in [4.78, 5) is 11.7. The fourth-order valence-electron chi connectivity index (χ4n) is 1.80. The summed E-state index contributed by atoms with van der Waals surface area (Å²) in [7, 11) is 0. The summed E-state index contributed by atoms with van der Waals surface area (Å²) in [5, 5.41) is 15.0. The number of benzene rings is 1. The number of amides is 2. The molecule has 0 heterocycles. The van der Waals surface area contributed by atoms with Crippen molar-refractivity contribution in [3.05, 3.63) is 29.8 Å². The third-order valence-corrected chi connectivity index (χ3v) is 2.93. The number of carbonyl (C=O) groups is 1. The van der Waals surface area contributed by atoms with Gasteiger partial charge in [0.25, 0.3) is 0 Å². The normalized spacial score (nSPS) is 12.3. The Labute approximate surface area is 115 Å². The first-order valence-electron chi connectivity index (χ1n) is 6.85. The summed E-state index contributed by atoms with van der Waals surface area (Å²) in [6.45, 7) is 6.50. The van der Waals surface area contributed by atoms with E-state index in [0.29, 0.717) is 12.3 Å². The zero-order valence-electron chi connectivity index (χ0n) is 11.9. The maximum atomic E-state index is 11.7. The molecule has 1 aromatic carbocycles. The number of nitrogens with one attached hydrogen (secondary N) is 2. The monoisotopic (exact) mass is 264 g/mol. The average Bonchev–Trinajstić information content (AvgIpc) is 2.37. The fourth-order valence-corrected chi connectivity index (χ4v) is 1.80. The van der Waals surface area contributed by atoms with E-state index in [1.807, 2.05) is 31.2 Å². The van der Waals surface area contributed by atoms with E-state index in [9.17, 15) is 9.90 Å². The zero-order valence-corrected chi connectivity index (χ0v) is 11.9. The maximum absolute atomic E-state index is 11.7. The van der Waals surface area contributed by atoms with Crippen LogP contribution < -0.4 is 10.6 Å². The number of hydrogen-bond donors (Lipinski definition) is 3. The Bertz CT molecular complexity index is 405. The number of hydrogen-bond acceptors (Lipinski definition) is 2. The molecule has 2 amide bonds. The maximum Gasteiger partial charge on any atom is 0.319 e. The van der Waals surface area contributed by atoms with E-state index in [1.165, 1.54) is 5.56 Å². The molecule has 1 rings (SSSR count). The molecule has 0 aliphatic rings. The van der Waals surface area contributed by atoms with Crippen molar-refractivity contribution in [1.82, 2.24) is 5.32 Å². The quantitative estimate of drug-likeness (QED) is 0.739. The van der Waals surface area contributed by atoms with E-state index < -0.39 is 6.10 Å². The van der Waals surface area contributed by atoms with Crippen LogP contribution in [-0.2, 0) is 0 Å². The van der Waals surface area contributed by atoms with Gasteiger partial charge < -0.3 is 15.7 Å². The van der Waals surface area contributed by atoms with Gasteiger partial charge in [-0.2, -0.15) is 0 Å². The highest BCUT2D eigenvalue weighted by Gasteiger charge is 2.07. The van der Waals surface area contributed by atoms with Gasteiger partial charge >= 0.3 is 6.03 Å². The van der Waals surface area contributed by atoms with E-state index in [1.54, 1.807) is 0 Å². The number of urea groups is 1. The van der Waals surface area contributed by atoms with Gasteiger partial charge in [-0.15, -0.1) is 0 Å². The molecule has 106 valence electrons. The van der Waals surface area contributed by atoms with Gasteiger partial charge in [0.1, 0.15) is 0 Å². The van der Waals surface area contributed by atoms with Crippen molar-refractivity contribution in [3.63, 3.8) is 0 Å². The van der Waals surface area contributed by atoms with Crippen LogP contribution in [0.4, 0.5) is 10.5 Å². The summed E-state index contributed by atoms with van der Waals surface area (Å²) in [6.07, 6.45) is 1.13. The first-order valence-corrected chi connectivity index (χ1v) is 6.85. The van der Waals surface area contributed by atoms with Gasteiger partial charge in [0.2, 0.25) is 0 Å². The highest BCUT2D eigenvalue weighted by atomic mass is 16.3. The molecule has 0 fully saturated rings. The molecule has 4 nitrogen and oxygen atoms in total. The third-order valence-electron chi connectivity index (χ3n) is 2.93. The highest BCUT2D eigenvalue weighted by molar-refractivity contribution is 5.89. The lowest BCUT2D eigenvalue weighted by Crippen LogP contribution is -2.35. The summed E-state index contributed by atoms with van der Waals surface area (Å²) >= 11 is 0. The van der Waals surface area contributed by atoms with Crippen LogP contribution in [-0.4, -0.2) is 23.8 Å². The molecule has 0 bridgehead atoms. The molecule has 0 aliphatic heterocycles. The predicted octanol–water partition coefficient (Wildman–Crippen LogP) is 3.09. The number of anilines is 1. The lowest BCUT2D eigenvalue weighted by Gasteiger charge is -2.13. The van der Waals surface area contributed by atoms with Crippen LogP contribution in [0.25, 0.3) is 0 Å². The molecule has 1 atom stereocenters. The van der Waals surface area contributed by atoms with Gasteiger partial charge in [0, 0.05) is 12.2 Å². The van der Waals surface area contributed by atoms with E-state index in [0.717, 1.165) is 12.1 Å². The van der Waals surface area contributed by atoms with Gasteiger partial charge in [-0.25, -0.2) is 4.79 Å². The second-order valence-electron chi connectivity index (χ2n) is 5.06. The Hall–Kier alpha value is -1.55. The number of aliphatic hydroxyl groups is 1. The summed E-state index contributed by atoms with van der Waals surface area (Å²) < 4.78 is 0. The Balaban J connectivity index is 2.46. The van der Waals surface area contributed by atoms with Crippen LogP contribution in [0, 0.1) is 0 Å². The molecule has 0 spiro atoms. The van der Waals surface area contributed by atoms with Crippen molar-refractivity contribution < 1.29 is 9.90 Å². The van der Waals surface area contributed by atoms with E-state index in [4.69, 9.17) is 0 Å². The van der Waals surface area contributed by atoms with Gasteiger partial charge in [-0.05, 0) is 30.0 Å². The number of aliphatic hydroxyl groups excluding tert-OH is 1. The Kier molecular flexibility index (Phi) is 6.36. The van der Waals surface area contributed by atoms with E-state index in [2.05, 4.69) is 24.5 Å². The van der Waals surface area contributed by atoms with Crippen LogP contribution in [0.5, 0.6) is 0 Å². The molecular formula is C15H24N2O2. The van der Waals surface area contributed by atoms with Crippen LogP contribution in [0.15, 0.2) is 24.3 Å². The van der Waals surface area contributed by atoms with Gasteiger partial charge in [0.05, 0.1) is 6.10 Å². The van der Waals surface area contributed by atoms with Crippen LogP contribution in [0.1, 0.15) is 45.1 Å². The zero-order chi connectivity index (χ0) is 14.3. The molecule has 3 N–H and O–H groups in total. The smallest absolute Gasteiger partial charge is 0.319 e. The van der Waals surface area contributed by atoms with Crippen molar-refractivity contribution in [2.24, 2.45) is 0 Å². The van der Waals surface area contributed by atoms with Gasteiger partial charge in [0.15, 0.2) is 0 Å². The van der Waals surface area contributed by atoms with Crippen molar-refractivity contribution >= 4 is 11.7 Å². The minimum absolute atomic E-state index is 0.281. The minimum atomic E-state index is -0.474. The molecule has 1 aromatic rings. The van der Waals surface area contributed by atoms with E-state index >= 15 is 0 Å². The Morgan fingerprint density at radius 1 is 1.37 bits per heavy atom. The van der Waals surface area contributed by atoms with Crippen molar-refractivity contribution in [2.75, 3.05) is 11.9 Å². The number of rotatable bonds is 6. The average molecular weight is 264 g/mol. The second-order valence-corrected chi connectivity index (χ2v) is 5.06. The molecule has 19 heavy (non-hydrogen) atoms. The van der Waals surface area contributed by atoms with Crippen molar-refractivity contribution in [2.45, 2.75) is 45.6 Å². The van der Waals surface area contributed by atoms with Gasteiger partial charge in [-0.1, -0.05) is 39.3 Å². The molecule has 4 heteroatoms. The summed E-state index contributed by atoms with van der Waals surface area (Å²) in [5.74, 6) is 0.427. The first kappa shape index (κ1) is 15.5. The second kappa shape index (κ2) is 7.79. The minimum Gasteiger partial charge on any atom is -0.391 e. The Morgan fingerprint density at radius 3 is 2.74 bits per heavy atom. The van der Waals surface area contributed by atoms with Gasteiger partial charge in [-0.3, -0.25) is 0 Å². The summed E-state index contributed by atoms with van der Waals surface area (Å²) in [6, 6.07) is 7.51. The molecular weight excluding hydrogens is 240 g/mol. The SMILES string of the molecule is CCCC(O)CNC(=O)Nc1cccc(C(C)C)c1. The molecule has 0 aliphatic carbocycles. The molecule has 0 radical (unpaired) electrons. The lowest BCUT2D eigenvalue weighted by molar-refractivity contribution is 0.162. The molecule has 0 saturated carbocycles. The summed E-state index contributed by atoms with van der Waals surface area (Å²) in [5.41, 5.74) is 1.96. The predicted molar refractivity (Wildman–Crippen MR) is 78.5 cm³/mol. The largest absolute Gasteiger partial charge is 0.391 e. The Morgan fingerprint density at radius 2 is 2.11 bits per heavy atom. The molecule has 1 unspecified atom stereocenters. The number of carbonyl (C=O) groups excluding carboxylic acids is 1. The fraction of sp³-hybridized carbons (Fsp3) is 0.533. The molecule has 0 saturated heterocycles. The first-order chi connectivity index (χ1) is 9.02. The molecule has 0 aromatic heterocycles. The standard InChI is InChI=1S/C15H24N2O2/c1-4-6-14(18)10-16-15(19)17-13-8-5-7-12(9-13)11(2)3/h5,7-9,11,14,18H,4,6,10H2,1-3H3,(H2,16,17,19). The topological polar surface area (TPSA) is 61.4 Å². The third kappa shape index (κ3) is 5.75. The van der Waals surface area contributed by atoms with E-state index in [-0.39, 0.29) is 12.6 Å².